The number of thioether (sulfide) groups is 1. The molecule has 0 radical (unpaired) electrons. The molecule has 2 aromatic carbocycles. The SMILES string of the molecule is CCNC(CSc1ncn[nH]1)c1ccc2ccccc2c1. The first-order valence-corrected chi connectivity index (χ1v) is 8.05. The topological polar surface area (TPSA) is 53.6 Å². The van der Waals surface area contributed by atoms with Gasteiger partial charge in [-0.2, -0.15) is 5.10 Å². The summed E-state index contributed by atoms with van der Waals surface area (Å²) in [7, 11) is 0. The van der Waals surface area contributed by atoms with Gasteiger partial charge in [0.05, 0.1) is 0 Å². The predicted octanol–water partition coefficient (Wildman–Crippen LogP) is 3.40. The lowest BCUT2D eigenvalue weighted by Crippen LogP contribution is -2.23. The quantitative estimate of drug-likeness (QED) is 0.685. The summed E-state index contributed by atoms with van der Waals surface area (Å²) in [5, 5.41) is 13.7. The predicted molar refractivity (Wildman–Crippen MR) is 87.5 cm³/mol. The lowest BCUT2D eigenvalue weighted by Gasteiger charge is -2.18. The van der Waals surface area contributed by atoms with Crippen molar-refractivity contribution in [1.82, 2.24) is 20.5 Å². The smallest absolute Gasteiger partial charge is 0.183 e. The zero-order valence-corrected chi connectivity index (χ0v) is 12.7. The van der Waals surface area contributed by atoms with Crippen LogP contribution in [0.5, 0.6) is 0 Å². The molecule has 0 aliphatic heterocycles. The number of nitrogens with one attached hydrogen (secondary N) is 2. The maximum atomic E-state index is 4.16. The Labute approximate surface area is 128 Å². The Morgan fingerprint density at radius 1 is 1.19 bits per heavy atom. The lowest BCUT2D eigenvalue weighted by atomic mass is 10.0. The van der Waals surface area contributed by atoms with E-state index >= 15 is 0 Å². The number of aromatic nitrogens is 3. The van der Waals surface area contributed by atoms with Gasteiger partial charge in [-0.1, -0.05) is 55.1 Å². The van der Waals surface area contributed by atoms with E-state index in [1.807, 2.05) is 0 Å². The molecule has 3 aromatic rings. The summed E-state index contributed by atoms with van der Waals surface area (Å²) in [4.78, 5) is 4.16. The van der Waals surface area contributed by atoms with Crippen LogP contribution in [0, 0.1) is 0 Å². The standard InChI is InChI=1S/C16H18N4S/c1-2-17-15(10-21-16-18-11-19-20-16)14-8-7-12-5-3-4-6-13(12)9-14/h3-9,11,15,17H,2,10H2,1H3,(H,18,19,20). The number of hydrogen-bond acceptors (Lipinski definition) is 4. The monoisotopic (exact) mass is 298 g/mol. The highest BCUT2D eigenvalue weighted by Gasteiger charge is 2.12. The minimum Gasteiger partial charge on any atom is -0.309 e. The van der Waals surface area contributed by atoms with E-state index in [2.05, 4.69) is 69.9 Å². The van der Waals surface area contributed by atoms with Gasteiger partial charge < -0.3 is 5.32 Å². The Morgan fingerprint density at radius 2 is 2.05 bits per heavy atom. The Morgan fingerprint density at radius 3 is 2.81 bits per heavy atom. The van der Waals surface area contributed by atoms with Crippen LogP contribution in [0.4, 0.5) is 0 Å². The first kappa shape index (κ1) is 14.1. The van der Waals surface area contributed by atoms with Crippen LogP contribution in [0.25, 0.3) is 10.8 Å². The lowest BCUT2D eigenvalue weighted by molar-refractivity contribution is 0.606. The van der Waals surface area contributed by atoms with Gasteiger partial charge in [0.15, 0.2) is 5.16 Å². The van der Waals surface area contributed by atoms with E-state index in [1.165, 1.54) is 16.3 Å². The molecule has 21 heavy (non-hydrogen) atoms. The largest absolute Gasteiger partial charge is 0.309 e. The number of fused-ring (bicyclic) bond motifs is 1. The Balaban J connectivity index is 1.80. The van der Waals surface area contributed by atoms with Crippen molar-refractivity contribution in [3.63, 3.8) is 0 Å². The van der Waals surface area contributed by atoms with E-state index in [4.69, 9.17) is 0 Å². The maximum Gasteiger partial charge on any atom is 0.183 e. The highest BCUT2D eigenvalue weighted by atomic mass is 32.2. The second-order valence-corrected chi connectivity index (χ2v) is 5.83. The molecule has 0 spiro atoms. The van der Waals surface area contributed by atoms with Crippen LogP contribution in [0.2, 0.25) is 0 Å². The van der Waals surface area contributed by atoms with Crippen LogP contribution in [-0.2, 0) is 0 Å². The van der Waals surface area contributed by atoms with Crippen LogP contribution < -0.4 is 5.32 Å². The van der Waals surface area contributed by atoms with Gasteiger partial charge >= 0.3 is 0 Å². The highest BCUT2D eigenvalue weighted by molar-refractivity contribution is 7.99. The van der Waals surface area contributed by atoms with Crippen molar-refractivity contribution < 1.29 is 0 Å². The van der Waals surface area contributed by atoms with E-state index < -0.39 is 0 Å². The highest BCUT2D eigenvalue weighted by Crippen LogP contribution is 2.25. The fourth-order valence-corrected chi connectivity index (χ4v) is 3.24. The molecule has 0 saturated heterocycles. The second-order valence-electron chi connectivity index (χ2n) is 4.82. The van der Waals surface area contributed by atoms with Crippen molar-refractivity contribution in [1.29, 1.82) is 0 Å². The number of hydrogen-bond donors (Lipinski definition) is 2. The zero-order chi connectivity index (χ0) is 14.5. The van der Waals surface area contributed by atoms with Crippen molar-refractivity contribution in [3.05, 3.63) is 54.4 Å². The van der Waals surface area contributed by atoms with Crippen LogP contribution in [-0.4, -0.2) is 27.5 Å². The summed E-state index contributed by atoms with van der Waals surface area (Å²) >= 11 is 1.68. The average Bonchev–Trinajstić information content (AvgIpc) is 3.04. The Hall–Kier alpha value is -1.85. The fourth-order valence-electron chi connectivity index (χ4n) is 2.37. The van der Waals surface area contributed by atoms with Crippen LogP contribution in [0.1, 0.15) is 18.5 Å². The molecule has 1 heterocycles. The summed E-state index contributed by atoms with van der Waals surface area (Å²) < 4.78 is 0. The van der Waals surface area contributed by atoms with Crippen LogP contribution in [0.15, 0.2) is 53.9 Å². The first-order chi connectivity index (χ1) is 10.4. The van der Waals surface area contributed by atoms with Crippen molar-refractivity contribution in [2.45, 2.75) is 18.1 Å². The Bertz CT molecular complexity index is 696. The summed E-state index contributed by atoms with van der Waals surface area (Å²) in [6, 6.07) is 15.4. The number of H-pyrrole nitrogens is 1. The molecule has 0 amide bonds. The minimum atomic E-state index is 0.301. The van der Waals surface area contributed by atoms with Gasteiger partial charge in [-0.25, -0.2) is 4.98 Å². The fraction of sp³-hybridized carbons (Fsp3) is 0.250. The maximum absolute atomic E-state index is 4.16. The molecule has 2 N–H and O–H groups in total. The normalized spacial score (nSPS) is 12.6. The molecule has 3 rings (SSSR count). The molecule has 1 aromatic heterocycles. The number of nitrogens with zero attached hydrogens (tertiary/aromatic N) is 2. The first-order valence-electron chi connectivity index (χ1n) is 7.07. The summed E-state index contributed by atoms with van der Waals surface area (Å²) in [5.41, 5.74) is 1.31. The van der Waals surface area contributed by atoms with Gasteiger partial charge in [0.2, 0.25) is 0 Å². The third kappa shape index (κ3) is 3.43. The zero-order valence-electron chi connectivity index (χ0n) is 11.9. The van der Waals surface area contributed by atoms with Gasteiger partial charge in [-0.3, -0.25) is 5.10 Å². The van der Waals surface area contributed by atoms with E-state index in [0.29, 0.717) is 6.04 Å². The van der Waals surface area contributed by atoms with E-state index in [-0.39, 0.29) is 0 Å². The summed E-state index contributed by atoms with van der Waals surface area (Å²) in [6.07, 6.45) is 1.54. The molecule has 0 saturated carbocycles. The van der Waals surface area contributed by atoms with E-state index in [9.17, 15) is 0 Å². The third-order valence-electron chi connectivity index (χ3n) is 3.41. The molecule has 0 bridgehead atoms. The van der Waals surface area contributed by atoms with Crippen molar-refractivity contribution in [2.75, 3.05) is 12.3 Å². The molecule has 108 valence electrons. The van der Waals surface area contributed by atoms with Crippen molar-refractivity contribution in [3.8, 4) is 0 Å². The van der Waals surface area contributed by atoms with Crippen LogP contribution in [0.3, 0.4) is 0 Å². The third-order valence-corrected chi connectivity index (χ3v) is 4.38. The number of aromatic amines is 1. The molecule has 0 fully saturated rings. The van der Waals surface area contributed by atoms with Gasteiger partial charge in [0.1, 0.15) is 6.33 Å². The molecular formula is C16H18N4S. The molecule has 0 aliphatic carbocycles. The van der Waals surface area contributed by atoms with Crippen LogP contribution >= 0.6 is 11.8 Å². The number of rotatable bonds is 6. The van der Waals surface area contributed by atoms with Gasteiger partial charge in [-0.15, -0.1) is 0 Å². The van der Waals surface area contributed by atoms with E-state index in [1.54, 1.807) is 18.1 Å². The average molecular weight is 298 g/mol. The molecule has 5 heteroatoms. The van der Waals surface area contributed by atoms with Gasteiger partial charge in [0.25, 0.3) is 0 Å². The van der Waals surface area contributed by atoms with E-state index in [0.717, 1.165) is 17.5 Å². The molecule has 1 unspecified atom stereocenters. The molecular weight excluding hydrogens is 280 g/mol. The van der Waals surface area contributed by atoms with Gasteiger partial charge in [-0.05, 0) is 28.9 Å². The molecule has 4 nitrogen and oxygen atoms in total. The Kier molecular flexibility index (Phi) is 4.52. The minimum absolute atomic E-state index is 0.301. The summed E-state index contributed by atoms with van der Waals surface area (Å²) in [5.74, 6) is 0.918. The van der Waals surface area contributed by atoms with Gasteiger partial charge in [0, 0.05) is 11.8 Å². The van der Waals surface area contributed by atoms with Crippen molar-refractivity contribution in [2.24, 2.45) is 0 Å². The number of benzene rings is 2. The summed E-state index contributed by atoms with van der Waals surface area (Å²) in [6.45, 7) is 3.07. The second kappa shape index (κ2) is 6.74. The molecule has 0 aliphatic rings. The van der Waals surface area contributed by atoms with Crippen molar-refractivity contribution >= 4 is 22.5 Å². The molecule has 1 atom stereocenters.